The zero-order valence-corrected chi connectivity index (χ0v) is 12.5. The van der Waals surface area contributed by atoms with Crippen LogP contribution < -0.4 is 5.32 Å². The van der Waals surface area contributed by atoms with E-state index in [1.54, 1.807) is 12.1 Å². The average Bonchev–Trinajstić information content (AvgIpc) is 2.40. The minimum Gasteiger partial charge on any atom is -0.317 e. The Morgan fingerprint density at radius 3 is 2.89 bits per heavy atom. The van der Waals surface area contributed by atoms with E-state index in [-0.39, 0.29) is 5.82 Å². The van der Waals surface area contributed by atoms with E-state index >= 15 is 0 Å². The van der Waals surface area contributed by atoms with Crippen LogP contribution in [0.4, 0.5) is 4.39 Å². The van der Waals surface area contributed by atoms with Crippen molar-refractivity contribution in [1.82, 2.24) is 5.32 Å². The van der Waals surface area contributed by atoms with E-state index in [4.69, 9.17) is 11.6 Å². The van der Waals surface area contributed by atoms with Crippen LogP contribution in [0.2, 0.25) is 5.02 Å². The summed E-state index contributed by atoms with van der Waals surface area (Å²) in [5.74, 6) is 1.46. The van der Waals surface area contributed by atoms with E-state index in [1.165, 1.54) is 18.9 Å². The summed E-state index contributed by atoms with van der Waals surface area (Å²) >= 11 is 6.29. The molecule has 1 aromatic rings. The van der Waals surface area contributed by atoms with Crippen molar-refractivity contribution in [2.24, 2.45) is 11.8 Å². The summed E-state index contributed by atoms with van der Waals surface area (Å²) < 4.78 is 13.5. The molecule has 3 unspecified atom stereocenters. The number of halogens is 2. The Labute approximate surface area is 120 Å². The number of rotatable bonds is 4. The smallest absolute Gasteiger partial charge is 0.123 e. The lowest BCUT2D eigenvalue weighted by molar-refractivity contribution is 0.242. The van der Waals surface area contributed by atoms with E-state index < -0.39 is 0 Å². The molecule has 0 saturated heterocycles. The minimum atomic E-state index is -0.181. The third kappa shape index (κ3) is 3.70. The van der Waals surface area contributed by atoms with Crippen LogP contribution in [-0.2, 0) is 0 Å². The summed E-state index contributed by atoms with van der Waals surface area (Å²) in [4.78, 5) is 0. The van der Waals surface area contributed by atoms with Crippen LogP contribution in [0.15, 0.2) is 18.2 Å². The molecule has 0 bridgehead atoms. The van der Waals surface area contributed by atoms with Gasteiger partial charge in [0.25, 0.3) is 0 Å². The summed E-state index contributed by atoms with van der Waals surface area (Å²) in [6.45, 7) is 6.38. The molecule has 19 heavy (non-hydrogen) atoms. The lowest BCUT2D eigenvalue weighted by Gasteiger charge is -2.36. The molecule has 0 aromatic heterocycles. The molecule has 1 N–H and O–H groups in total. The van der Waals surface area contributed by atoms with Crippen molar-refractivity contribution in [3.05, 3.63) is 34.6 Å². The fourth-order valence-corrected chi connectivity index (χ4v) is 3.45. The van der Waals surface area contributed by atoms with Crippen molar-refractivity contribution in [3.63, 3.8) is 0 Å². The van der Waals surface area contributed by atoms with Gasteiger partial charge in [0, 0.05) is 5.02 Å². The number of hydrogen-bond acceptors (Lipinski definition) is 1. The third-order valence-electron chi connectivity index (χ3n) is 4.27. The topological polar surface area (TPSA) is 12.0 Å². The van der Waals surface area contributed by atoms with Gasteiger partial charge in [0.15, 0.2) is 0 Å². The molecule has 0 radical (unpaired) electrons. The van der Waals surface area contributed by atoms with Gasteiger partial charge in [-0.1, -0.05) is 31.9 Å². The highest BCUT2D eigenvalue weighted by molar-refractivity contribution is 6.31. The van der Waals surface area contributed by atoms with Gasteiger partial charge in [0.05, 0.1) is 0 Å². The molecule has 1 fully saturated rings. The Hall–Kier alpha value is -0.600. The molecule has 1 nitrogen and oxygen atoms in total. The van der Waals surface area contributed by atoms with Crippen molar-refractivity contribution >= 4 is 11.6 Å². The molecule has 0 heterocycles. The first-order chi connectivity index (χ1) is 9.11. The number of nitrogens with one attached hydrogen (secondary N) is 1. The van der Waals surface area contributed by atoms with Gasteiger partial charge in [0.2, 0.25) is 0 Å². The molecule has 0 amide bonds. The Morgan fingerprint density at radius 1 is 1.37 bits per heavy atom. The van der Waals surface area contributed by atoms with Crippen LogP contribution in [-0.4, -0.2) is 13.1 Å². The van der Waals surface area contributed by atoms with E-state index in [1.807, 2.05) is 0 Å². The van der Waals surface area contributed by atoms with Crippen molar-refractivity contribution in [2.45, 2.75) is 39.0 Å². The van der Waals surface area contributed by atoms with Crippen LogP contribution >= 0.6 is 11.6 Å². The molecule has 0 spiro atoms. The molecule has 3 heteroatoms. The quantitative estimate of drug-likeness (QED) is 0.851. The van der Waals surface area contributed by atoms with Gasteiger partial charge in [-0.15, -0.1) is 0 Å². The van der Waals surface area contributed by atoms with Crippen LogP contribution in [0.1, 0.15) is 44.6 Å². The Balaban J connectivity index is 2.23. The van der Waals surface area contributed by atoms with Crippen molar-refractivity contribution in [2.75, 3.05) is 13.1 Å². The SMILES string of the molecule is CCNCC1CCC(C)CC1c1cc(F)ccc1Cl. The van der Waals surface area contributed by atoms with Gasteiger partial charge in [0.1, 0.15) is 5.82 Å². The van der Waals surface area contributed by atoms with Crippen LogP contribution in [0, 0.1) is 17.7 Å². The second kappa shape index (κ2) is 6.71. The Kier molecular flexibility index (Phi) is 5.23. The normalized spacial score (nSPS) is 27.5. The molecule has 2 rings (SSSR count). The van der Waals surface area contributed by atoms with Gasteiger partial charge < -0.3 is 5.32 Å². The van der Waals surface area contributed by atoms with Gasteiger partial charge in [-0.25, -0.2) is 4.39 Å². The highest BCUT2D eigenvalue weighted by Gasteiger charge is 2.30. The lowest BCUT2D eigenvalue weighted by Crippen LogP contribution is -2.31. The Morgan fingerprint density at radius 2 is 2.16 bits per heavy atom. The maximum atomic E-state index is 13.5. The van der Waals surface area contributed by atoms with Crippen LogP contribution in [0.5, 0.6) is 0 Å². The first-order valence-electron chi connectivity index (χ1n) is 7.27. The van der Waals surface area contributed by atoms with Crippen molar-refractivity contribution in [1.29, 1.82) is 0 Å². The highest BCUT2D eigenvalue weighted by Crippen LogP contribution is 2.42. The Bertz CT molecular complexity index is 419. The van der Waals surface area contributed by atoms with E-state index in [0.717, 1.165) is 25.1 Å². The molecule has 106 valence electrons. The maximum absolute atomic E-state index is 13.5. The first-order valence-corrected chi connectivity index (χ1v) is 7.65. The first kappa shape index (κ1) is 14.8. The largest absolute Gasteiger partial charge is 0.317 e. The minimum absolute atomic E-state index is 0.181. The van der Waals surface area contributed by atoms with Crippen LogP contribution in [0.3, 0.4) is 0 Å². The number of hydrogen-bond donors (Lipinski definition) is 1. The fraction of sp³-hybridized carbons (Fsp3) is 0.625. The van der Waals surface area contributed by atoms with E-state index in [0.29, 0.717) is 22.8 Å². The summed E-state index contributed by atoms with van der Waals surface area (Å²) in [6.07, 6.45) is 3.57. The zero-order chi connectivity index (χ0) is 13.8. The second-order valence-corrected chi connectivity index (χ2v) is 6.17. The van der Waals surface area contributed by atoms with E-state index in [2.05, 4.69) is 19.2 Å². The van der Waals surface area contributed by atoms with Gasteiger partial charge in [-0.05, 0) is 67.4 Å². The number of benzene rings is 1. The van der Waals surface area contributed by atoms with E-state index in [9.17, 15) is 4.39 Å². The molecular weight excluding hydrogens is 261 g/mol. The third-order valence-corrected chi connectivity index (χ3v) is 4.61. The predicted molar refractivity (Wildman–Crippen MR) is 79.2 cm³/mol. The highest BCUT2D eigenvalue weighted by atomic mass is 35.5. The fourth-order valence-electron chi connectivity index (χ4n) is 3.20. The molecule has 3 atom stereocenters. The molecule has 0 aliphatic heterocycles. The summed E-state index contributed by atoms with van der Waals surface area (Å²) in [6, 6.07) is 4.76. The molecule has 1 aliphatic rings. The predicted octanol–water partition coefficient (Wildman–Crippen LogP) is 4.61. The molecule has 1 saturated carbocycles. The summed E-state index contributed by atoms with van der Waals surface area (Å²) in [5, 5.41) is 4.14. The monoisotopic (exact) mass is 283 g/mol. The second-order valence-electron chi connectivity index (χ2n) is 5.76. The average molecular weight is 284 g/mol. The van der Waals surface area contributed by atoms with Gasteiger partial charge in [-0.3, -0.25) is 0 Å². The summed E-state index contributed by atoms with van der Waals surface area (Å²) in [5.41, 5.74) is 0.996. The molecular formula is C16H23ClFN. The standard InChI is InChI=1S/C16H23ClFN/c1-3-19-10-12-5-4-11(2)8-14(12)15-9-13(18)6-7-16(15)17/h6-7,9,11-12,14,19H,3-5,8,10H2,1-2H3. The maximum Gasteiger partial charge on any atom is 0.123 e. The lowest BCUT2D eigenvalue weighted by atomic mass is 9.71. The van der Waals surface area contributed by atoms with Crippen LogP contribution in [0.25, 0.3) is 0 Å². The van der Waals surface area contributed by atoms with Crippen molar-refractivity contribution in [3.8, 4) is 0 Å². The van der Waals surface area contributed by atoms with Gasteiger partial charge in [-0.2, -0.15) is 0 Å². The van der Waals surface area contributed by atoms with Crippen molar-refractivity contribution < 1.29 is 4.39 Å². The molecule has 1 aliphatic carbocycles. The molecule has 1 aromatic carbocycles. The van der Waals surface area contributed by atoms with Gasteiger partial charge >= 0.3 is 0 Å². The zero-order valence-electron chi connectivity index (χ0n) is 11.8. The summed E-state index contributed by atoms with van der Waals surface area (Å²) in [7, 11) is 0.